The Morgan fingerprint density at radius 3 is 2.84 bits per heavy atom. The summed E-state index contributed by atoms with van der Waals surface area (Å²) >= 11 is 0. The van der Waals surface area contributed by atoms with E-state index in [1.807, 2.05) is 12.1 Å². The minimum atomic E-state index is -0.693. The molecule has 132 valence electrons. The fourth-order valence-corrected chi connectivity index (χ4v) is 3.19. The van der Waals surface area contributed by atoms with Gasteiger partial charge in [0.1, 0.15) is 5.82 Å². The van der Waals surface area contributed by atoms with Crippen molar-refractivity contribution < 1.29 is 14.3 Å². The summed E-state index contributed by atoms with van der Waals surface area (Å²) in [5.74, 6) is -1.05. The standard InChI is InChI=1S/C20H23FN2O2/c1-14-6-7-19(21)18(10-14)20(25)22-11-17(24)13-23-9-8-15-4-2-3-5-16(15)12-23/h2-7,10,17,24H,8-9,11-13H2,1H3,(H,22,25). The molecule has 0 saturated carbocycles. The molecule has 1 atom stereocenters. The predicted octanol–water partition coefficient (Wildman–Crippen LogP) is 2.28. The Balaban J connectivity index is 1.51. The van der Waals surface area contributed by atoms with Gasteiger partial charge in [0.2, 0.25) is 0 Å². The highest BCUT2D eigenvalue weighted by atomic mass is 19.1. The molecule has 0 aliphatic carbocycles. The molecule has 3 rings (SSSR count). The summed E-state index contributed by atoms with van der Waals surface area (Å²) in [6.07, 6.45) is 0.270. The van der Waals surface area contributed by atoms with Gasteiger partial charge in [-0.3, -0.25) is 9.69 Å². The molecule has 0 fully saturated rings. The number of nitrogens with one attached hydrogen (secondary N) is 1. The van der Waals surface area contributed by atoms with E-state index in [4.69, 9.17) is 0 Å². The highest BCUT2D eigenvalue weighted by Crippen LogP contribution is 2.18. The summed E-state index contributed by atoms with van der Waals surface area (Å²) in [4.78, 5) is 14.3. The van der Waals surface area contributed by atoms with Crippen molar-refractivity contribution in [1.29, 1.82) is 0 Å². The Labute approximate surface area is 147 Å². The van der Waals surface area contributed by atoms with Gasteiger partial charge in [-0.05, 0) is 36.6 Å². The smallest absolute Gasteiger partial charge is 0.254 e. The molecule has 0 saturated heterocycles. The quantitative estimate of drug-likeness (QED) is 0.877. The number of amides is 1. The molecule has 25 heavy (non-hydrogen) atoms. The van der Waals surface area contributed by atoms with Crippen molar-refractivity contribution in [2.45, 2.75) is 26.0 Å². The number of carbonyl (C=O) groups is 1. The number of carbonyl (C=O) groups excluding carboxylic acids is 1. The van der Waals surface area contributed by atoms with Gasteiger partial charge in [0.25, 0.3) is 5.91 Å². The van der Waals surface area contributed by atoms with E-state index in [2.05, 4.69) is 22.3 Å². The first-order valence-corrected chi connectivity index (χ1v) is 8.54. The molecule has 4 nitrogen and oxygen atoms in total. The van der Waals surface area contributed by atoms with Crippen molar-refractivity contribution in [2.24, 2.45) is 0 Å². The Morgan fingerprint density at radius 2 is 2.04 bits per heavy atom. The van der Waals surface area contributed by atoms with Crippen molar-refractivity contribution in [2.75, 3.05) is 19.6 Å². The van der Waals surface area contributed by atoms with Gasteiger partial charge >= 0.3 is 0 Å². The first-order chi connectivity index (χ1) is 12.0. The van der Waals surface area contributed by atoms with Crippen molar-refractivity contribution in [3.63, 3.8) is 0 Å². The van der Waals surface area contributed by atoms with Crippen LogP contribution < -0.4 is 5.32 Å². The molecule has 1 heterocycles. The SMILES string of the molecule is Cc1ccc(F)c(C(=O)NCC(O)CN2CCc3ccccc3C2)c1. The molecular formula is C20H23FN2O2. The zero-order chi connectivity index (χ0) is 17.8. The molecule has 0 spiro atoms. The summed E-state index contributed by atoms with van der Waals surface area (Å²) in [5, 5.41) is 12.8. The number of halogens is 1. The Kier molecular flexibility index (Phi) is 5.46. The van der Waals surface area contributed by atoms with Crippen LogP contribution in [0.3, 0.4) is 0 Å². The van der Waals surface area contributed by atoms with E-state index < -0.39 is 17.8 Å². The summed E-state index contributed by atoms with van der Waals surface area (Å²) in [7, 11) is 0. The third-order valence-electron chi connectivity index (χ3n) is 4.54. The van der Waals surface area contributed by atoms with Crippen molar-refractivity contribution in [3.8, 4) is 0 Å². The first kappa shape index (κ1) is 17.6. The van der Waals surface area contributed by atoms with E-state index in [1.54, 1.807) is 13.0 Å². The van der Waals surface area contributed by atoms with Gasteiger partial charge in [-0.1, -0.05) is 35.9 Å². The highest BCUT2D eigenvalue weighted by Gasteiger charge is 2.19. The minimum absolute atomic E-state index is 0.0131. The maximum absolute atomic E-state index is 13.7. The van der Waals surface area contributed by atoms with Crippen molar-refractivity contribution in [1.82, 2.24) is 10.2 Å². The number of aliphatic hydroxyl groups excluding tert-OH is 1. The van der Waals surface area contributed by atoms with Crippen LogP contribution in [0, 0.1) is 12.7 Å². The number of benzene rings is 2. The zero-order valence-electron chi connectivity index (χ0n) is 14.3. The van der Waals surface area contributed by atoms with Gasteiger partial charge < -0.3 is 10.4 Å². The van der Waals surface area contributed by atoms with Gasteiger partial charge in [-0.2, -0.15) is 0 Å². The van der Waals surface area contributed by atoms with Crippen LogP contribution in [0.15, 0.2) is 42.5 Å². The van der Waals surface area contributed by atoms with Gasteiger partial charge in [0.15, 0.2) is 0 Å². The zero-order valence-corrected chi connectivity index (χ0v) is 14.3. The largest absolute Gasteiger partial charge is 0.390 e. The molecule has 2 aromatic rings. The summed E-state index contributed by atoms with van der Waals surface area (Å²) in [6.45, 7) is 4.07. The predicted molar refractivity (Wildman–Crippen MR) is 94.9 cm³/mol. The highest BCUT2D eigenvalue weighted by molar-refractivity contribution is 5.94. The van der Waals surface area contributed by atoms with Gasteiger partial charge in [0, 0.05) is 26.2 Å². The van der Waals surface area contributed by atoms with Gasteiger partial charge in [-0.15, -0.1) is 0 Å². The molecular weight excluding hydrogens is 319 g/mol. The number of hydrogen-bond donors (Lipinski definition) is 2. The number of hydrogen-bond acceptors (Lipinski definition) is 3. The number of aryl methyl sites for hydroxylation is 1. The normalized spacial score (nSPS) is 15.5. The fraction of sp³-hybridized carbons (Fsp3) is 0.350. The number of β-amino-alcohol motifs (C(OH)–C–C–N with tert-alkyl or cyclic N) is 1. The monoisotopic (exact) mass is 342 g/mol. The topological polar surface area (TPSA) is 52.6 Å². The third-order valence-corrected chi connectivity index (χ3v) is 4.54. The number of rotatable bonds is 5. The minimum Gasteiger partial charge on any atom is -0.390 e. The van der Waals surface area contributed by atoms with Crippen LogP contribution in [0.5, 0.6) is 0 Å². The second-order valence-corrected chi connectivity index (χ2v) is 6.60. The van der Waals surface area contributed by atoms with Crippen LogP contribution in [-0.2, 0) is 13.0 Å². The second-order valence-electron chi connectivity index (χ2n) is 6.60. The Morgan fingerprint density at radius 1 is 1.28 bits per heavy atom. The molecule has 5 heteroatoms. The van der Waals surface area contributed by atoms with Crippen LogP contribution >= 0.6 is 0 Å². The maximum Gasteiger partial charge on any atom is 0.254 e. The second kappa shape index (κ2) is 7.76. The molecule has 0 bridgehead atoms. The van der Waals surface area contributed by atoms with E-state index in [9.17, 15) is 14.3 Å². The van der Waals surface area contributed by atoms with Crippen LogP contribution in [0.4, 0.5) is 4.39 Å². The van der Waals surface area contributed by atoms with Crippen LogP contribution in [-0.4, -0.2) is 41.7 Å². The number of fused-ring (bicyclic) bond motifs is 1. The lowest BCUT2D eigenvalue weighted by Crippen LogP contribution is -2.42. The lowest BCUT2D eigenvalue weighted by molar-refractivity contribution is 0.0838. The molecule has 2 aromatic carbocycles. The van der Waals surface area contributed by atoms with E-state index >= 15 is 0 Å². The van der Waals surface area contributed by atoms with Crippen molar-refractivity contribution >= 4 is 5.91 Å². The van der Waals surface area contributed by atoms with E-state index in [0.29, 0.717) is 6.54 Å². The molecule has 1 aliphatic heterocycles. The molecule has 0 radical (unpaired) electrons. The molecule has 1 unspecified atom stereocenters. The van der Waals surface area contributed by atoms with E-state index in [-0.39, 0.29) is 12.1 Å². The third kappa shape index (κ3) is 4.44. The molecule has 0 aromatic heterocycles. The summed E-state index contributed by atoms with van der Waals surface area (Å²) in [5.41, 5.74) is 3.47. The summed E-state index contributed by atoms with van der Waals surface area (Å²) in [6, 6.07) is 12.7. The summed E-state index contributed by atoms with van der Waals surface area (Å²) < 4.78 is 13.7. The van der Waals surface area contributed by atoms with Crippen LogP contribution in [0.25, 0.3) is 0 Å². The molecule has 1 amide bonds. The number of nitrogens with zero attached hydrogens (tertiary/aromatic N) is 1. The maximum atomic E-state index is 13.7. The molecule has 2 N–H and O–H groups in total. The van der Waals surface area contributed by atoms with Crippen LogP contribution in [0.2, 0.25) is 0 Å². The number of aliphatic hydroxyl groups is 1. The lowest BCUT2D eigenvalue weighted by atomic mass is 10.00. The average Bonchev–Trinajstić information content (AvgIpc) is 2.61. The lowest BCUT2D eigenvalue weighted by Gasteiger charge is -2.30. The van der Waals surface area contributed by atoms with Crippen LogP contribution in [0.1, 0.15) is 27.0 Å². The van der Waals surface area contributed by atoms with Crippen molar-refractivity contribution in [3.05, 3.63) is 70.5 Å². The first-order valence-electron chi connectivity index (χ1n) is 8.54. The van der Waals surface area contributed by atoms with Gasteiger partial charge in [0.05, 0.1) is 11.7 Å². The van der Waals surface area contributed by atoms with E-state index in [1.165, 1.54) is 23.3 Å². The van der Waals surface area contributed by atoms with E-state index in [0.717, 1.165) is 25.1 Å². The van der Waals surface area contributed by atoms with Gasteiger partial charge in [-0.25, -0.2) is 4.39 Å². The Bertz CT molecular complexity index is 763. The molecule has 1 aliphatic rings. The fourth-order valence-electron chi connectivity index (χ4n) is 3.19. The Hall–Kier alpha value is -2.24. The average molecular weight is 342 g/mol.